The molecule has 2 aromatic carbocycles. The number of aryl methyl sites for hydroxylation is 1. The van der Waals surface area contributed by atoms with Gasteiger partial charge in [0.05, 0.1) is 5.56 Å². The Balaban J connectivity index is 1.99. The van der Waals surface area contributed by atoms with E-state index in [2.05, 4.69) is 0 Å². The number of benzene rings is 2. The van der Waals surface area contributed by atoms with Crippen LogP contribution in [0.25, 0.3) is 0 Å². The molecule has 3 nitrogen and oxygen atoms in total. The third kappa shape index (κ3) is 3.52. The van der Waals surface area contributed by atoms with Crippen LogP contribution in [-0.4, -0.2) is 12.3 Å². The van der Waals surface area contributed by atoms with Crippen LogP contribution in [0.4, 0.5) is 0 Å². The number of rotatable bonds is 4. The predicted molar refractivity (Wildman–Crippen MR) is 72.1 cm³/mol. The van der Waals surface area contributed by atoms with E-state index in [4.69, 9.17) is 4.74 Å². The monoisotopic (exact) mass is 254 g/mol. The van der Waals surface area contributed by atoms with Crippen molar-refractivity contribution < 1.29 is 14.3 Å². The van der Waals surface area contributed by atoms with Gasteiger partial charge in [-0.2, -0.15) is 0 Å². The van der Waals surface area contributed by atoms with E-state index in [1.807, 2.05) is 31.2 Å². The first-order chi connectivity index (χ1) is 9.19. The van der Waals surface area contributed by atoms with Gasteiger partial charge < -0.3 is 4.74 Å². The summed E-state index contributed by atoms with van der Waals surface area (Å²) in [4.78, 5) is 22.3. The molecular formula is C16H14O3. The Kier molecular flexibility index (Phi) is 4.08. The van der Waals surface area contributed by atoms with Crippen molar-refractivity contribution in [1.82, 2.24) is 0 Å². The van der Waals surface area contributed by atoms with Gasteiger partial charge in [0.15, 0.2) is 0 Å². The van der Waals surface area contributed by atoms with Crippen LogP contribution in [0, 0.1) is 6.92 Å². The Morgan fingerprint density at radius 3 is 2.53 bits per heavy atom. The van der Waals surface area contributed by atoms with Crippen LogP contribution >= 0.6 is 0 Å². The van der Waals surface area contributed by atoms with E-state index in [0.29, 0.717) is 11.1 Å². The highest BCUT2D eigenvalue weighted by molar-refractivity contribution is 5.90. The minimum absolute atomic E-state index is 0.246. The fourth-order valence-electron chi connectivity index (χ4n) is 1.73. The molecule has 0 N–H and O–H groups in total. The molecular weight excluding hydrogens is 240 g/mol. The normalized spacial score (nSPS) is 9.95. The number of aldehydes is 1. The molecule has 0 bridgehead atoms. The van der Waals surface area contributed by atoms with Gasteiger partial charge in [0.25, 0.3) is 0 Å². The molecule has 2 rings (SSSR count). The maximum absolute atomic E-state index is 11.8. The maximum atomic E-state index is 11.8. The summed E-state index contributed by atoms with van der Waals surface area (Å²) in [5.74, 6) is -0.390. The summed E-state index contributed by atoms with van der Waals surface area (Å²) >= 11 is 0. The second-order valence-corrected chi connectivity index (χ2v) is 4.31. The summed E-state index contributed by atoms with van der Waals surface area (Å²) in [5.41, 5.74) is 3.07. The van der Waals surface area contributed by atoms with Gasteiger partial charge in [-0.3, -0.25) is 4.79 Å². The lowest BCUT2D eigenvalue weighted by Gasteiger charge is -2.05. The molecule has 0 saturated heterocycles. The summed E-state index contributed by atoms with van der Waals surface area (Å²) in [5, 5.41) is 0. The Labute approximate surface area is 111 Å². The molecule has 0 radical (unpaired) electrons. The molecule has 2 aromatic rings. The molecule has 0 aliphatic carbocycles. The average molecular weight is 254 g/mol. The van der Waals surface area contributed by atoms with Gasteiger partial charge in [-0.05, 0) is 24.6 Å². The molecule has 0 amide bonds. The Morgan fingerprint density at radius 1 is 1.16 bits per heavy atom. The highest BCUT2D eigenvalue weighted by Crippen LogP contribution is 2.09. The zero-order chi connectivity index (χ0) is 13.7. The minimum Gasteiger partial charge on any atom is -0.457 e. The van der Waals surface area contributed by atoms with Gasteiger partial charge in [0, 0.05) is 5.56 Å². The van der Waals surface area contributed by atoms with Gasteiger partial charge in [-0.25, -0.2) is 4.79 Å². The van der Waals surface area contributed by atoms with Crippen molar-refractivity contribution >= 4 is 12.3 Å². The van der Waals surface area contributed by atoms with Crippen molar-refractivity contribution in [3.63, 3.8) is 0 Å². The molecule has 3 heteroatoms. The second-order valence-electron chi connectivity index (χ2n) is 4.31. The minimum atomic E-state index is -0.390. The molecule has 0 atom stereocenters. The summed E-state index contributed by atoms with van der Waals surface area (Å²) in [6.07, 6.45) is 0.738. The first-order valence-corrected chi connectivity index (χ1v) is 5.97. The molecule has 19 heavy (non-hydrogen) atoms. The molecule has 0 heterocycles. The number of carbonyl (C=O) groups excluding carboxylic acids is 2. The number of ether oxygens (including phenoxy) is 1. The summed E-state index contributed by atoms with van der Waals surface area (Å²) in [6.45, 7) is 2.24. The van der Waals surface area contributed by atoms with Crippen LogP contribution in [0.5, 0.6) is 0 Å². The fraction of sp³-hybridized carbons (Fsp3) is 0.125. The SMILES string of the molecule is Cc1cccc(COC(=O)c2ccc(C=O)cc2)c1. The molecule has 0 aliphatic rings. The number of esters is 1. The smallest absolute Gasteiger partial charge is 0.338 e. The van der Waals surface area contributed by atoms with Crippen LogP contribution < -0.4 is 0 Å². The Morgan fingerprint density at radius 2 is 1.89 bits per heavy atom. The van der Waals surface area contributed by atoms with Crippen molar-refractivity contribution in [2.24, 2.45) is 0 Å². The van der Waals surface area contributed by atoms with E-state index in [1.54, 1.807) is 24.3 Å². The summed E-state index contributed by atoms with van der Waals surface area (Å²) in [6, 6.07) is 14.2. The van der Waals surface area contributed by atoms with Gasteiger partial charge >= 0.3 is 5.97 Å². The Hall–Kier alpha value is -2.42. The molecule has 0 aromatic heterocycles. The van der Waals surface area contributed by atoms with Gasteiger partial charge in [-0.15, -0.1) is 0 Å². The van der Waals surface area contributed by atoms with E-state index < -0.39 is 0 Å². The first-order valence-electron chi connectivity index (χ1n) is 5.97. The van der Waals surface area contributed by atoms with E-state index in [9.17, 15) is 9.59 Å². The zero-order valence-electron chi connectivity index (χ0n) is 10.6. The third-order valence-corrected chi connectivity index (χ3v) is 2.73. The summed E-state index contributed by atoms with van der Waals surface area (Å²) in [7, 11) is 0. The zero-order valence-corrected chi connectivity index (χ0v) is 10.6. The lowest BCUT2D eigenvalue weighted by Crippen LogP contribution is -2.05. The van der Waals surface area contributed by atoms with Crippen molar-refractivity contribution in [2.75, 3.05) is 0 Å². The quantitative estimate of drug-likeness (QED) is 0.621. The molecule has 96 valence electrons. The van der Waals surface area contributed by atoms with Crippen LogP contribution in [0.3, 0.4) is 0 Å². The van der Waals surface area contributed by atoms with Gasteiger partial charge in [-0.1, -0.05) is 42.0 Å². The van der Waals surface area contributed by atoms with Crippen molar-refractivity contribution in [1.29, 1.82) is 0 Å². The largest absolute Gasteiger partial charge is 0.457 e. The lowest BCUT2D eigenvalue weighted by molar-refractivity contribution is 0.0472. The van der Waals surface area contributed by atoms with Gasteiger partial charge in [0.1, 0.15) is 12.9 Å². The highest BCUT2D eigenvalue weighted by Gasteiger charge is 2.07. The van der Waals surface area contributed by atoms with Crippen molar-refractivity contribution in [3.8, 4) is 0 Å². The van der Waals surface area contributed by atoms with Crippen LogP contribution in [0.15, 0.2) is 48.5 Å². The van der Waals surface area contributed by atoms with E-state index >= 15 is 0 Å². The van der Waals surface area contributed by atoms with Crippen LogP contribution in [0.2, 0.25) is 0 Å². The van der Waals surface area contributed by atoms with E-state index in [1.165, 1.54) is 0 Å². The molecule has 0 fully saturated rings. The van der Waals surface area contributed by atoms with Crippen LogP contribution in [0.1, 0.15) is 31.8 Å². The van der Waals surface area contributed by atoms with E-state index in [0.717, 1.165) is 17.4 Å². The molecule has 0 spiro atoms. The van der Waals surface area contributed by atoms with Crippen molar-refractivity contribution in [3.05, 3.63) is 70.8 Å². The lowest BCUT2D eigenvalue weighted by atomic mass is 10.1. The highest BCUT2D eigenvalue weighted by atomic mass is 16.5. The number of hydrogen-bond donors (Lipinski definition) is 0. The predicted octanol–water partition coefficient (Wildman–Crippen LogP) is 3.16. The topological polar surface area (TPSA) is 43.4 Å². The number of carbonyl (C=O) groups is 2. The standard InChI is InChI=1S/C16H14O3/c1-12-3-2-4-14(9-12)11-19-16(18)15-7-5-13(10-17)6-8-15/h2-10H,11H2,1H3. The Bertz CT molecular complexity index is 585. The average Bonchev–Trinajstić information content (AvgIpc) is 2.45. The van der Waals surface area contributed by atoms with Crippen molar-refractivity contribution in [2.45, 2.75) is 13.5 Å². The molecule has 0 aliphatic heterocycles. The summed E-state index contributed by atoms with van der Waals surface area (Å²) < 4.78 is 5.22. The van der Waals surface area contributed by atoms with E-state index in [-0.39, 0.29) is 12.6 Å². The fourth-order valence-corrected chi connectivity index (χ4v) is 1.73. The maximum Gasteiger partial charge on any atom is 0.338 e. The van der Waals surface area contributed by atoms with Crippen LogP contribution in [-0.2, 0) is 11.3 Å². The van der Waals surface area contributed by atoms with Gasteiger partial charge in [0.2, 0.25) is 0 Å². The molecule has 0 unspecified atom stereocenters. The first kappa shape index (κ1) is 13.0. The number of hydrogen-bond acceptors (Lipinski definition) is 3. The molecule has 0 saturated carbocycles. The second kappa shape index (κ2) is 5.96. The third-order valence-electron chi connectivity index (χ3n) is 2.73.